The van der Waals surface area contributed by atoms with Gasteiger partial charge in [0, 0.05) is 33.7 Å². The summed E-state index contributed by atoms with van der Waals surface area (Å²) in [5.74, 6) is 0.311. The number of aliphatic hydroxyl groups is 1. The molecule has 2 rings (SSSR count). The molecule has 0 radical (unpaired) electrons. The molecule has 0 bridgehead atoms. The van der Waals surface area contributed by atoms with Crippen LogP contribution in [0, 0.1) is 5.92 Å². The van der Waals surface area contributed by atoms with Crippen LogP contribution in [0.25, 0.3) is 0 Å². The molecule has 1 aromatic heterocycles. The van der Waals surface area contributed by atoms with Gasteiger partial charge in [-0.1, -0.05) is 6.92 Å². The molecule has 2 heterocycles. The first-order valence-electron chi connectivity index (χ1n) is 5.73. The van der Waals surface area contributed by atoms with E-state index in [1.807, 2.05) is 0 Å². The average Bonchev–Trinajstić information content (AvgIpc) is 2.86. The van der Waals surface area contributed by atoms with Crippen molar-refractivity contribution in [3.63, 3.8) is 0 Å². The molecule has 0 aliphatic carbocycles. The zero-order chi connectivity index (χ0) is 11.5. The average molecular weight is 305 g/mol. The summed E-state index contributed by atoms with van der Waals surface area (Å²) in [7, 11) is 0. The zero-order valence-electron chi connectivity index (χ0n) is 9.36. The Morgan fingerprint density at radius 3 is 3.12 bits per heavy atom. The molecule has 1 fully saturated rings. The highest BCUT2D eigenvalue weighted by atomic mass is 79.9. The van der Waals surface area contributed by atoms with Crippen LogP contribution >= 0.6 is 27.3 Å². The minimum Gasteiger partial charge on any atom is -0.392 e. The Balaban J connectivity index is 1.94. The molecular weight excluding hydrogens is 288 g/mol. The molecule has 3 unspecified atom stereocenters. The maximum absolute atomic E-state index is 10.2. The van der Waals surface area contributed by atoms with E-state index in [2.05, 4.69) is 34.3 Å². The second-order valence-corrected chi connectivity index (χ2v) is 6.18. The maximum atomic E-state index is 10.2. The summed E-state index contributed by atoms with van der Waals surface area (Å²) in [4.78, 5) is 1.24. The van der Waals surface area contributed by atoms with Crippen LogP contribution in [0.15, 0.2) is 15.9 Å². The van der Waals surface area contributed by atoms with Crippen LogP contribution in [0.2, 0.25) is 0 Å². The number of halogens is 1. The topological polar surface area (TPSA) is 29.5 Å². The summed E-state index contributed by atoms with van der Waals surface area (Å²) >= 11 is 5.13. The maximum Gasteiger partial charge on any atom is 0.0642 e. The molecule has 4 heteroatoms. The fraction of sp³-hybridized carbons (Fsp3) is 0.667. The number of rotatable bonds is 4. The lowest BCUT2D eigenvalue weighted by molar-refractivity contribution is 0.0321. The molecule has 3 atom stereocenters. The van der Waals surface area contributed by atoms with Crippen molar-refractivity contribution >= 4 is 27.3 Å². The van der Waals surface area contributed by atoms with Gasteiger partial charge >= 0.3 is 0 Å². The third kappa shape index (κ3) is 2.86. The van der Waals surface area contributed by atoms with E-state index in [0.29, 0.717) is 5.92 Å². The van der Waals surface area contributed by atoms with E-state index in [4.69, 9.17) is 4.74 Å². The summed E-state index contributed by atoms with van der Waals surface area (Å²) in [6, 6.07) is 2.09. The minimum absolute atomic E-state index is 0.249. The van der Waals surface area contributed by atoms with E-state index in [1.165, 1.54) is 4.88 Å². The Morgan fingerprint density at radius 2 is 2.50 bits per heavy atom. The fourth-order valence-electron chi connectivity index (χ4n) is 2.34. The van der Waals surface area contributed by atoms with Crippen molar-refractivity contribution in [2.45, 2.75) is 38.4 Å². The monoisotopic (exact) mass is 304 g/mol. The van der Waals surface area contributed by atoms with Gasteiger partial charge in [0.15, 0.2) is 0 Å². The van der Waals surface area contributed by atoms with E-state index in [1.54, 1.807) is 11.3 Å². The highest BCUT2D eigenvalue weighted by Crippen LogP contribution is 2.30. The predicted octanol–water partition coefficient (Wildman–Crippen LogP) is 3.23. The Kier molecular flexibility index (Phi) is 4.41. The molecule has 1 aliphatic rings. The van der Waals surface area contributed by atoms with Gasteiger partial charge in [-0.2, -0.15) is 0 Å². The van der Waals surface area contributed by atoms with Crippen LogP contribution in [-0.2, 0) is 11.2 Å². The van der Waals surface area contributed by atoms with Crippen molar-refractivity contribution in [1.82, 2.24) is 0 Å². The van der Waals surface area contributed by atoms with Gasteiger partial charge in [0.05, 0.1) is 12.2 Å². The highest BCUT2D eigenvalue weighted by Gasteiger charge is 2.32. The third-order valence-electron chi connectivity index (χ3n) is 3.19. The molecule has 90 valence electrons. The second-order valence-electron chi connectivity index (χ2n) is 4.27. The number of hydrogen-bond donors (Lipinski definition) is 1. The number of aliphatic hydroxyl groups excluding tert-OH is 1. The smallest absolute Gasteiger partial charge is 0.0642 e. The van der Waals surface area contributed by atoms with Crippen molar-refractivity contribution in [2.75, 3.05) is 6.61 Å². The van der Waals surface area contributed by atoms with Gasteiger partial charge in [-0.3, -0.25) is 0 Å². The molecule has 0 saturated carbocycles. The van der Waals surface area contributed by atoms with Crippen LogP contribution in [-0.4, -0.2) is 23.9 Å². The molecule has 1 N–H and O–H groups in total. The quantitative estimate of drug-likeness (QED) is 0.925. The van der Waals surface area contributed by atoms with Crippen LogP contribution in [0.4, 0.5) is 0 Å². The van der Waals surface area contributed by atoms with Crippen molar-refractivity contribution in [3.05, 3.63) is 20.8 Å². The Hall–Kier alpha value is 0.1000. The third-order valence-corrected chi connectivity index (χ3v) is 4.91. The lowest BCUT2D eigenvalue weighted by Crippen LogP contribution is -2.29. The van der Waals surface area contributed by atoms with Crippen molar-refractivity contribution in [1.29, 1.82) is 0 Å². The molecule has 0 spiro atoms. The van der Waals surface area contributed by atoms with Crippen LogP contribution in [0.5, 0.6) is 0 Å². The van der Waals surface area contributed by atoms with Gasteiger partial charge in [0.2, 0.25) is 0 Å². The van der Waals surface area contributed by atoms with Gasteiger partial charge in [0.1, 0.15) is 0 Å². The van der Waals surface area contributed by atoms with Gasteiger partial charge in [0.25, 0.3) is 0 Å². The fourth-order valence-corrected chi connectivity index (χ4v) is 3.85. The Labute approximate surface area is 109 Å². The number of thiophene rings is 1. The van der Waals surface area contributed by atoms with Crippen LogP contribution in [0.3, 0.4) is 0 Å². The standard InChI is InChI=1S/C12H17BrO2S/c1-2-12-10(3-4-15-12)11(14)6-9-5-8(13)7-16-9/h5,7,10-12,14H,2-4,6H2,1H3. The largest absolute Gasteiger partial charge is 0.392 e. The molecule has 1 aliphatic heterocycles. The lowest BCUT2D eigenvalue weighted by atomic mass is 9.91. The Bertz CT molecular complexity index is 340. The zero-order valence-corrected chi connectivity index (χ0v) is 11.8. The SMILES string of the molecule is CCC1OCCC1C(O)Cc1cc(Br)cs1. The van der Waals surface area contributed by atoms with E-state index in [-0.39, 0.29) is 12.2 Å². The van der Waals surface area contributed by atoms with Crippen molar-refractivity contribution in [2.24, 2.45) is 5.92 Å². The minimum atomic E-state index is -0.266. The van der Waals surface area contributed by atoms with Gasteiger partial charge < -0.3 is 9.84 Å². The van der Waals surface area contributed by atoms with E-state index in [0.717, 1.165) is 30.3 Å². The van der Waals surface area contributed by atoms with Crippen molar-refractivity contribution < 1.29 is 9.84 Å². The van der Waals surface area contributed by atoms with E-state index in [9.17, 15) is 5.11 Å². The van der Waals surface area contributed by atoms with Crippen molar-refractivity contribution in [3.8, 4) is 0 Å². The first-order valence-corrected chi connectivity index (χ1v) is 7.40. The van der Waals surface area contributed by atoms with E-state index >= 15 is 0 Å². The molecule has 2 nitrogen and oxygen atoms in total. The molecule has 0 aromatic carbocycles. The normalized spacial score (nSPS) is 27.2. The summed E-state index contributed by atoms with van der Waals surface area (Å²) < 4.78 is 6.72. The van der Waals surface area contributed by atoms with Gasteiger partial charge in [-0.05, 0) is 34.8 Å². The lowest BCUT2D eigenvalue weighted by Gasteiger charge is -2.22. The van der Waals surface area contributed by atoms with Crippen LogP contribution < -0.4 is 0 Å². The first-order chi connectivity index (χ1) is 7.70. The highest BCUT2D eigenvalue weighted by molar-refractivity contribution is 9.10. The first kappa shape index (κ1) is 12.6. The Morgan fingerprint density at radius 1 is 1.69 bits per heavy atom. The molecule has 1 saturated heterocycles. The predicted molar refractivity (Wildman–Crippen MR) is 69.9 cm³/mol. The number of ether oxygens (including phenoxy) is 1. The van der Waals surface area contributed by atoms with Gasteiger partial charge in [-0.25, -0.2) is 0 Å². The van der Waals surface area contributed by atoms with Gasteiger partial charge in [-0.15, -0.1) is 11.3 Å². The summed E-state index contributed by atoms with van der Waals surface area (Å²) in [5, 5.41) is 12.3. The van der Waals surface area contributed by atoms with Crippen LogP contribution in [0.1, 0.15) is 24.6 Å². The summed E-state index contributed by atoms with van der Waals surface area (Å²) in [6.45, 7) is 2.92. The molecule has 0 amide bonds. The molecular formula is C12H17BrO2S. The molecule has 16 heavy (non-hydrogen) atoms. The summed E-state index contributed by atoms with van der Waals surface area (Å²) in [5.41, 5.74) is 0. The summed E-state index contributed by atoms with van der Waals surface area (Å²) in [6.07, 6.45) is 2.72. The van der Waals surface area contributed by atoms with E-state index < -0.39 is 0 Å². The second kappa shape index (κ2) is 5.63. The number of hydrogen-bond acceptors (Lipinski definition) is 3. The molecule has 1 aromatic rings.